The maximum atomic E-state index is 15.6. The van der Waals surface area contributed by atoms with Gasteiger partial charge in [0, 0.05) is 61.7 Å². The van der Waals surface area contributed by atoms with Crippen LogP contribution in [0.3, 0.4) is 0 Å². The number of hydrogen-bond acceptors (Lipinski definition) is 8. The summed E-state index contributed by atoms with van der Waals surface area (Å²) in [6.07, 6.45) is 4.39. The molecular formula is C41H63FN6O5Si3. The standard InChI is InChI=1S/C41H63FN6O5Si3/c1-11-29-21-37(53-28-52-16-19-56(8,9)10)33(42)22-32(29)31-20-34-38(43-23-31)39(48(45-34)27-51-15-18-55(5,6)7)40-44-35-24-46(41(49)30-12-13-30)25-36(35)47(40)26-50-14-17-54(2,3)4/h20-23,30H,11-19,24-28H2,1-10H3. The highest BCUT2D eigenvalue weighted by Gasteiger charge is 2.38. The molecule has 1 aliphatic carbocycles. The second-order valence-corrected chi connectivity index (χ2v) is 36.0. The third-order valence-electron chi connectivity index (χ3n) is 10.4. The number of amides is 1. The van der Waals surface area contributed by atoms with Crippen LogP contribution in [-0.2, 0) is 52.0 Å². The predicted octanol–water partition coefficient (Wildman–Crippen LogP) is 9.23. The molecule has 3 aromatic heterocycles. The van der Waals surface area contributed by atoms with Crippen LogP contribution in [0.4, 0.5) is 4.39 Å². The van der Waals surface area contributed by atoms with Crippen LogP contribution in [0, 0.1) is 11.7 Å². The number of pyridine rings is 1. The van der Waals surface area contributed by atoms with Gasteiger partial charge in [0.2, 0.25) is 5.91 Å². The number of halogens is 1. The molecule has 0 N–H and O–H groups in total. The summed E-state index contributed by atoms with van der Waals surface area (Å²) in [7, 11) is -3.87. The van der Waals surface area contributed by atoms with E-state index in [1.165, 1.54) is 6.07 Å². The Bertz CT molecular complexity index is 2010. The molecule has 1 fully saturated rings. The molecule has 4 aromatic rings. The van der Waals surface area contributed by atoms with Crippen molar-refractivity contribution in [2.24, 2.45) is 5.92 Å². The average Bonchev–Trinajstić information content (AvgIpc) is 3.67. The first kappa shape index (κ1) is 42.4. The van der Waals surface area contributed by atoms with E-state index in [4.69, 9.17) is 34.0 Å². The zero-order valence-corrected chi connectivity index (χ0v) is 38.4. The minimum Gasteiger partial charge on any atom is -0.464 e. The van der Waals surface area contributed by atoms with Crippen molar-refractivity contribution >= 4 is 41.2 Å². The lowest BCUT2D eigenvalue weighted by molar-refractivity contribution is -0.133. The van der Waals surface area contributed by atoms with Gasteiger partial charge in [0.05, 0.1) is 24.5 Å². The molecule has 11 nitrogen and oxygen atoms in total. The zero-order valence-electron chi connectivity index (χ0n) is 35.4. The molecule has 0 unspecified atom stereocenters. The Morgan fingerprint density at radius 2 is 1.50 bits per heavy atom. The Morgan fingerprint density at radius 1 is 0.857 bits per heavy atom. The molecule has 1 amide bonds. The highest BCUT2D eigenvalue weighted by atomic mass is 28.3. The van der Waals surface area contributed by atoms with Crippen molar-refractivity contribution in [3.63, 3.8) is 0 Å². The van der Waals surface area contributed by atoms with E-state index >= 15 is 4.39 Å². The molecule has 1 saturated carbocycles. The lowest BCUT2D eigenvalue weighted by Gasteiger charge is -2.19. The molecule has 15 heteroatoms. The van der Waals surface area contributed by atoms with E-state index in [0.29, 0.717) is 62.9 Å². The van der Waals surface area contributed by atoms with Gasteiger partial charge in [-0.15, -0.1) is 0 Å². The summed E-state index contributed by atoms with van der Waals surface area (Å²) in [5.74, 6) is 0.782. The van der Waals surface area contributed by atoms with E-state index in [9.17, 15) is 4.79 Å². The lowest BCUT2D eigenvalue weighted by Crippen LogP contribution is -2.28. The Morgan fingerprint density at radius 3 is 2.12 bits per heavy atom. The summed E-state index contributed by atoms with van der Waals surface area (Å²) < 4.78 is 43.6. The van der Waals surface area contributed by atoms with Gasteiger partial charge < -0.3 is 28.4 Å². The molecular weight excluding hydrogens is 760 g/mol. The SMILES string of the molecule is CCc1cc(OCOCC[Si](C)(C)C)c(F)cc1-c1cnc2c(-c3nc4c(n3COCC[Si](C)(C)C)CN(C(=O)C3CC3)C4)n(COCC[Si](C)(C)C)nc2c1. The smallest absolute Gasteiger partial charge is 0.226 e. The number of benzene rings is 1. The maximum absolute atomic E-state index is 15.6. The van der Waals surface area contributed by atoms with Crippen LogP contribution >= 0.6 is 0 Å². The number of carbonyl (C=O) groups excluding carboxylic acids is 1. The van der Waals surface area contributed by atoms with Gasteiger partial charge in [-0.05, 0) is 66.7 Å². The monoisotopic (exact) mass is 822 g/mol. The molecule has 0 atom stereocenters. The zero-order chi connectivity index (χ0) is 40.4. The van der Waals surface area contributed by atoms with Crippen molar-refractivity contribution in [3.8, 4) is 28.4 Å². The largest absolute Gasteiger partial charge is 0.464 e. The molecule has 1 aliphatic heterocycles. The van der Waals surface area contributed by atoms with E-state index in [-0.39, 0.29) is 31.1 Å². The Balaban J connectivity index is 1.34. The number of carbonyl (C=O) groups is 1. The fraction of sp³-hybridized carbons (Fsp3) is 0.610. The Hall–Kier alpha value is -3.22. The molecule has 1 aromatic carbocycles. The van der Waals surface area contributed by atoms with Crippen LogP contribution in [0.2, 0.25) is 77.1 Å². The van der Waals surface area contributed by atoms with Crippen molar-refractivity contribution in [2.45, 2.75) is 130 Å². The van der Waals surface area contributed by atoms with Crippen LogP contribution in [0.15, 0.2) is 24.4 Å². The van der Waals surface area contributed by atoms with Gasteiger partial charge in [0.25, 0.3) is 0 Å². The number of hydrogen-bond donors (Lipinski definition) is 0. The van der Waals surface area contributed by atoms with Crippen LogP contribution in [0.1, 0.15) is 36.7 Å². The normalized spacial score (nSPS) is 14.9. The molecule has 306 valence electrons. The van der Waals surface area contributed by atoms with Gasteiger partial charge in [0.15, 0.2) is 24.2 Å². The molecule has 0 bridgehead atoms. The van der Waals surface area contributed by atoms with Crippen molar-refractivity contribution in [1.29, 1.82) is 0 Å². The minimum absolute atomic E-state index is 0.00897. The van der Waals surface area contributed by atoms with Gasteiger partial charge in [0.1, 0.15) is 30.2 Å². The van der Waals surface area contributed by atoms with E-state index in [2.05, 4.69) is 63.5 Å². The van der Waals surface area contributed by atoms with Crippen molar-refractivity contribution in [1.82, 2.24) is 29.2 Å². The first-order valence-corrected chi connectivity index (χ1v) is 31.5. The second kappa shape index (κ2) is 17.3. The van der Waals surface area contributed by atoms with Crippen LogP contribution in [0.5, 0.6) is 5.75 Å². The third kappa shape index (κ3) is 10.8. The summed E-state index contributed by atoms with van der Waals surface area (Å²) >= 11 is 0. The van der Waals surface area contributed by atoms with Crippen LogP contribution in [-0.4, -0.2) is 86.0 Å². The van der Waals surface area contributed by atoms with Crippen molar-refractivity contribution in [3.05, 3.63) is 47.2 Å². The summed E-state index contributed by atoms with van der Waals surface area (Å²) in [5.41, 5.74) is 6.38. The quantitative estimate of drug-likeness (QED) is 0.0494. The Labute approximate surface area is 335 Å². The first-order chi connectivity index (χ1) is 26.4. The fourth-order valence-electron chi connectivity index (χ4n) is 6.67. The van der Waals surface area contributed by atoms with Crippen LogP contribution < -0.4 is 4.74 Å². The summed E-state index contributed by atoms with van der Waals surface area (Å²) in [4.78, 5) is 25.3. The Kier molecular flexibility index (Phi) is 13.1. The average molecular weight is 823 g/mol. The summed E-state index contributed by atoms with van der Waals surface area (Å²) in [6, 6.07) is 8.36. The number of nitrogens with zero attached hydrogens (tertiary/aromatic N) is 6. The van der Waals surface area contributed by atoms with Gasteiger partial charge in [-0.1, -0.05) is 65.8 Å². The van der Waals surface area contributed by atoms with E-state index in [1.54, 1.807) is 12.3 Å². The molecule has 0 saturated heterocycles. The minimum atomic E-state index is -1.32. The van der Waals surface area contributed by atoms with E-state index in [0.717, 1.165) is 64.7 Å². The highest BCUT2D eigenvalue weighted by molar-refractivity contribution is 6.76. The number of fused-ring (bicyclic) bond motifs is 2. The second-order valence-electron chi connectivity index (χ2n) is 19.1. The van der Waals surface area contributed by atoms with Gasteiger partial charge >= 0.3 is 0 Å². The number of aromatic nitrogens is 5. The summed E-state index contributed by atoms with van der Waals surface area (Å²) in [5, 5.41) is 5.06. The number of imidazole rings is 1. The number of aryl methyl sites for hydroxylation is 1. The molecule has 0 spiro atoms. The predicted molar refractivity (Wildman–Crippen MR) is 228 cm³/mol. The highest BCUT2D eigenvalue weighted by Crippen LogP contribution is 2.38. The molecule has 6 rings (SSSR count). The van der Waals surface area contributed by atoms with Crippen molar-refractivity contribution < 1.29 is 28.1 Å². The number of ether oxygens (including phenoxy) is 4. The molecule has 56 heavy (non-hydrogen) atoms. The van der Waals surface area contributed by atoms with Crippen molar-refractivity contribution in [2.75, 3.05) is 26.6 Å². The molecule has 0 radical (unpaired) electrons. The number of rotatable bonds is 20. The van der Waals surface area contributed by atoms with Gasteiger partial charge in [-0.25, -0.2) is 14.1 Å². The topological polar surface area (TPSA) is 106 Å². The van der Waals surface area contributed by atoms with Gasteiger partial charge in [-0.3, -0.25) is 9.78 Å². The lowest BCUT2D eigenvalue weighted by atomic mass is 9.98. The maximum Gasteiger partial charge on any atom is 0.226 e. The van der Waals surface area contributed by atoms with Gasteiger partial charge in [-0.2, -0.15) is 5.10 Å². The van der Waals surface area contributed by atoms with E-state index < -0.39 is 30.0 Å². The first-order valence-electron chi connectivity index (χ1n) is 20.3. The third-order valence-corrected chi connectivity index (χ3v) is 15.5. The fourth-order valence-corrected chi connectivity index (χ4v) is 8.94. The molecule has 4 heterocycles. The summed E-state index contributed by atoms with van der Waals surface area (Å²) in [6.45, 7) is 26.4. The van der Waals surface area contributed by atoms with E-state index in [1.807, 2.05) is 22.6 Å². The van der Waals surface area contributed by atoms with Crippen LogP contribution in [0.25, 0.3) is 33.7 Å². The molecule has 2 aliphatic rings.